The maximum absolute atomic E-state index is 12.6. The molecular weight excluding hydrogens is 677 g/mol. The van der Waals surface area contributed by atoms with Crippen molar-refractivity contribution in [1.82, 2.24) is 0 Å². The van der Waals surface area contributed by atoms with Gasteiger partial charge in [-0.2, -0.15) is 16.8 Å². The van der Waals surface area contributed by atoms with E-state index in [9.17, 15) is 44.6 Å². The Balaban J connectivity index is 2.11. The zero-order valence-electron chi connectivity index (χ0n) is 20.0. The van der Waals surface area contributed by atoms with Gasteiger partial charge in [-0.15, -0.1) is 18.9 Å². The van der Waals surface area contributed by atoms with Crippen LogP contribution >= 0.6 is 24.4 Å². The predicted molar refractivity (Wildman–Crippen MR) is 139 cm³/mol. The molecule has 0 amide bonds. The van der Waals surface area contributed by atoms with Gasteiger partial charge in [0.05, 0.1) is 44.5 Å². The van der Waals surface area contributed by atoms with E-state index in [-0.39, 0.29) is 34.6 Å². The van der Waals surface area contributed by atoms with Crippen LogP contribution in [0, 0.1) is 0 Å². The Kier molecular flexibility index (Phi) is 11.1. The number of phenols is 2. The van der Waals surface area contributed by atoms with Gasteiger partial charge in [0.1, 0.15) is 22.0 Å². The van der Waals surface area contributed by atoms with Crippen LogP contribution in [0.3, 0.4) is 0 Å². The number of benzene rings is 3. The van der Waals surface area contributed by atoms with Crippen LogP contribution in [-0.2, 0) is 53.0 Å². The van der Waals surface area contributed by atoms with E-state index in [1.54, 1.807) is 0 Å². The lowest BCUT2D eigenvalue weighted by Crippen LogP contribution is -2.12. The zero-order valence-corrected chi connectivity index (χ0v) is 24.1. The average Bonchev–Trinajstić information content (AvgIpc) is 2.89. The van der Waals surface area contributed by atoms with Crippen LogP contribution in [0.2, 0.25) is 0 Å². The monoisotopic (exact) mass is 692 g/mol. The SMILES string of the molecule is O=S(=O)(O)c1cc(O)c2c(O)c(N=Nc3ccc(S(=O)(=O)CCOSOOO)cc3S(=O)(=O)O)c(SOOO)cc2c1. The molecule has 230 valence electrons. The Morgan fingerprint density at radius 1 is 0.810 bits per heavy atom. The van der Waals surface area contributed by atoms with E-state index in [0.717, 1.165) is 24.3 Å². The fourth-order valence-corrected chi connectivity index (χ4v) is 6.40. The first kappa shape index (κ1) is 33.8. The van der Waals surface area contributed by atoms with Gasteiger partial charge < -0.3 is 10.2 Å². The summed E-state index contributed by atoms with van der Waals surface area (Å²) in [5.41, 5.74) is -1.20. The molecule has 0 spiro atoms. The van der Waals surface area contributed by atoms with Gasteiger partial charge in [-0.3, -0.25) is 13.3 Å². The van der Waals surface area contributed by atoms with E-state index in [1.165, 1.54) is 0 Å². The number of rotatable bonds is 14. The maximum atomic E-state index is 12.6. The molecule has 3 aromatic carbocycles. The summed E-state index contributed by atoms with van der Waals surface area (Å²) in [4.78, 5) is -2.63. The van der Waals surface area contributed by atoms with Crippen LogP contribution < -0.4 is 0 Å². The minimum Gasteiger partial charge on any atom is -0.507 e. The van der Waals surface area contributed by atoms with Crippen LogP contribution in [0.25, 0.3) is 10.8 Å². The summed E-state index contributed by atoms with van der Waals surface area (Å²) in [5, 5.41) is 51.2. The van der Waals surface area contributed by atoms with Crippen LogP contribution in [0.5, 0.6) is 11.5 Å². The van der Waals surface area contributed by atoms with Gasteiger partial charge in [-0.1, -0.05) is 10.1 Å². The minimum atomic E-state index is -5.13. The van der Waals surface area contributed by atoms with E-state index in [4.69, 9.17) is 10.5 Å². The zero-order chi connectivity index (χ0) is 31.3. The standard InChI is InChI=1S/C18H16N2O17S5/c21-13-7-11(41(27,28)29)5-9-6-14(38-36-34-23)17(18(22)16(9)13)20-19-12-2-1-10(8-15(12)42(30,31)32)40(25,26)4-3-33-39-37-35-24/h1-2,5-8,21-24H,3-4H2,(H,27,28,29)(H,30,31,32). The second-order valence-electron chi connectivity index (χ2n) is 7.47. The smallest absolute Gasteiger partial charge is 0.296 e. The molecule has 0 bridgehead atoms. The largest absolute Gasteiger partial charge is 0.507 e. The lowest BCUT2D eigenvalue weighted by atomic mass is 10.1. The molecule has 3 rings (SSSR count). The molecule has 0 saturated carbocycles. The van der Waals surface area contributed by atoms with Gasteiger partial charge in [-0.25, -0.2) is 18.9 Å². The molecule has 0 aliphatic rings. The number of nitrogens with zero attached hydrogens (tertiary/aromatic N) is 2. The lowest BCUT2D eigenvalue weighted by molar-refractivity contribution is -0.434. The van der Waals surface area contributed by atoms with Gasteiger partial charge in [0, 0.05) is 6.07 Å². The molecule has 0 aliphatic heterocycles. The quantitative estimate of drug-likeness (QED) is 0.0352. The van der Waals surface area contributed by atoms with E-state index < -0.39 is 85.4 Å². The third-order valence-electron chi connectivity index (χ3n) is 4.92. The van der Waals surface area contributed by atoms with Gasteiger partial charge >= 0.3 is 0 Å². The summed E-state index contributed by atoms with van der Waals surface area (Å²) >= 11 is 0.295. The summed E-state index contributed by atoms with van der Waals surface area (Å²) < 4.78 is 104. The normalized spacial score (nSPS) is 12.9. The molecule has 0 aliphatic carbocycles. The fourth-order valence-electron chi connectivity index (χ4n) is 3.21. The Morgan fingerprint density at radius 3 is 2.12 bits per heavy atom. The number of hydrogen-bond donors (Lipinski definition) is 6. The molecule has 0 heterocycles. The minimum absolute atomic E-state index is 0.107. The summed E-state index contributed by atoms with van der Waals surface area (Å²) in [5.74, 6) is -2.42. The fraction of sp³-hybridized carbons (Fsp3) is 0.111. The Labute approximate surface area is 244 Å². The van der Waals surface area contributed by atoms with Gasteiger partial charge in [0.25, 0.3) is 20.2 Å². The molecule has 0 fully saturated rings. The molecule has 19 nitrogen and oxygen atoms in total. The van der Waals surface area contributed by atoms with Crippen molar-refractivity contribution in [3.8, 4) is 11.5 Å². The van der Waals surface area contributed by atoms with Crippen molar-refractivity contribution >= 4 is 76.6 Å². The molecule has 0 aromatic heterocycles. The molecule has 0 unspecified atom stereocenters. The first-order chi connectivity index (χ1) is 19.6. The first-order valence-corrected chi connectivity index (χ1v) is 16.2. The number of hydrogen-bond acceptors (Lipinski definition) is 19. The van der Waals surface area contributed by atoms with Crippen molar-refractivity contribution in [2.75, 3.05) is 12.4 Å². The van der Waals surface area contributed by atoms with E-state index in [1.807, 2.05) is 0 Å². The highest BCUT2D eigenvalue weighted by Gasteiger charge is 2.24. The number of phenolic OH excluding ortho intramolecular Hbond substituents is 2. The Morgan fingerprint density at radius 2 is 1.50 bits per heavy atom. The number of azo groups is 1. The number of aromatic hydroxyl groups is 2. The van der Waals surface area contributed by atoms with E-state index >= 15 is 0 Å². The van der Waals surface area contributed by atoms with E-state index in [0.29, 0.717) is 12.1 Å². The van der Waals surface area contributed by atoms with Crippen molar-refractivity contribution in [3.05, 3.63) is 36.4 Å². The Bertz CT molecular complexity index is 1830. The second kappa shape index (κ2) is 13.7. The number of fused-ring (bicyclic) bond motifs is 1. The highest BCUT2D eigenvalue weighted by molar-refractivity contribution is 7.94. The van der Waals surface area contributed by atoms with Crippen molar-refractivity contribution in [2.24, 2.45) is 10.2 Å². The predicted octanol–water partition coefficient (Wildman–Crippen LogP) is 3.36. The summed E-state index contributed by atoms with van der Waals surface area (Å²) in [6, 6.07) is 4.87. The molecule has 0 saturated heterocycles. The number of sulfone groups is 1. The molecule has 0 atom stereocenters. The molecule has 6 N–H and O–H groups in total. The third kappa shape index (κ3) is 8.23. The summed E-state index contributed by atoms with van der Waals surface area (Å²) in [6.45, 7) is -0.501. The lowest BCUT2D eigenvalue weighted by Gasteiger charge is -2.11. The molecule has 0 radical (unpaired) electrons. The van der Waals surface area contributed by atoms with Crippen molar-refractivity contribution in [2.45, 2.75) is 19.6 Å². The highest BCUT2D eigenvalue weighted by Crippen LogP contribution is 2.47. The molecular formula is C18H16N2O17S5. The summed E-state index contributed by atoms with van der Waals surface area (Å²) in [7, 11) is -14.1. The van der Waals surface area contributed by atoms with Crippen LogP contribution in [0.1, 0.15) is 0 Å². The second-order valence-corrected chi connectivity index (χ2v) is 13.6. The Hall–Kier alpha value is -2.69. The van der Waals surface area contributed by atoms with Gasteiger partial charge in [0.15, 0.2) is 27.9 Å². The molecule has 24 heteroatoms. The van der Waals surface area contributed by atoms with E-state index in [2.05, 4.69) is 33.2 Å². The van der Waals surface area contributed by atoms with Gasteiger partial charge in [-0.05, 0) is 35.7 Å². The first-order valence-electron chi connectivity index (χ1n) is 10.3. The topological polar surface area (TPSA) is 295 Å². The van der Waals surface area contributed by atoms with Crippen LogP contribution in [-0.4, -0.2) is 67.4 Å². The van der Waals surface area contributed by atoms with Crippen LogP contribution in [0.4, 0.5) is 11.4 Å². The van der Waals surface area contributed by atoms with Crippen molar-refractivity contribution in [1.29, 1.82) is 0 Å². The highest BCUT2D eigenvalue weighted by atomic mass is 32.2. The van der Waals surface area contributed by atoms with Crippen molar-refractivity contribution in [3.63, 3.8) is 0 Å². The van der Waals surface area contributed by atoms with Gasteiger partial charge in [0.2, 0.25) is 0 Å². The average molecular weight is 693 g/mol. The molecule has 3 aromatic rings. The molecule has 42 heavy (non-hydrogen) atoms. The van der Waals surface area contributed by atoms with Crippen molar-refractivity contribution < 1.29 is 78.0 Å². The third-order valence-corrected chi connectivity index (χ3v) is 9.31. The van der Waals surface area contributed by atoms with Crippen LogP contribution in [0.15, 0.2) is 66.2 Å². The maximum Gasteiger partial charge on any atom is 0.296 e. The summed E-state index contributed by atoms with van der Waals surface area (Å²) in [6.07, 6.45) is 0.